The number of hydrogen-bond acceptors (Lipinski definition) is 7. The van der Waals surface area contributed by atoms with Crippen LogP contribution in [-0.2, 0) is 14.8 Å². The number of sulfonamides is 1. The summed E-state index contributed by atoms with van der Waals surface area (Å²) >= 11 is 9.27. The maximum atomic E-state index is 12.7. The van der Waals surface area contributed by atoms with E-state index in [0.29, 0.717) is 18.7 Å². The van der Waals surface area contributed by atoms with Crippen LogP contribution in [-0.4, -0.2) is 67.4 Å². The highest BCUT2D eigenvalue weighted by molar-refractivity contribution is 9.10. The molecule has 2 aromatic carbocycles. The summed E-state index contributed by atoms with van der Waals surface area (Å²) in [5.74, 6) is -0.396. The van der Waals surface area contributed by atoms with Crippen molar-refractivity contribution >= 4 is 55.4 Å². The number of nitro groups is 1. The van der Waals surface area contributed by atoms with E-state index in [2.05, 4.69) is 26.5 Å². The van der Waals surface area contributed by atoms with Crippen LogP contribution in [0.25, 0.3) is 0 Å². The number of piperazine rings is 1. The minimum absolute atomic E-state index is 0.0339. The summed E-state index contributed by atoms with van der Waals surface area (Å²) in [5.41, 5.74) is 2.51. The second-order valence-electron chi connectivity index (χ2n) is 6.89. The summed E-state index contributed by atoms with van der Waals surface area (Å²) in [5, 5.41) is 14.9. The van der Waals surface area contributed by atoms with E-state index in [1.54, 1.807) is 24.3 Å². The second kappa shape index (κ2) is 10.5. The molecule has 2 aromatic rings. The summed E-state index contributed by atoms with van der Waals surface area (Å²) < 4.78 is 27.7. The highest BCUT2D eigenvalue weighted by Gasteiger charge is 2.29. The van der Waals surface area contributed by atoms with Crippen molar-refractivity contribution in [3.63, 3.8) is 0 Å². The SMILES string of the molecule is O=C(CN1CCN(S(=O)(=O)c2ccc(Br)cc2)CC1)NN=Cc1cc([N+](=O)[O-])ccc1Cl. The van der Waals surface area contributed by atoms with Gasteiger partial charge in [0.05, 0.1) is 22.6 Å². The fourth-order valence-corrected chi connectivity index (χ4v) is 4.89. The van der Waals surface area contributed by atoms with Gasteiger partial charge in [-0.05, 0) is 30.3 Å². The number of carbonyl (C=O) groups excluding carboxylic acids is 1. The zero-order chi connectivity index (χ0) is 23.3. The van der Waals surface area contributed by atoms with Crippen LogP contribution in [0.1, 0.15) is 5.56 Å². The molecule has 3 rings (SSSR count). The van der Waals surface area contributed by atoms with E-state index >= 15 is 0 Å². The van der Waals surface area contributed by atoms with Gasteiger partial charge in [-0.3, -0.25) is 19.8 Å². The Morgan fingerprint density at radius 1 is 1.19 bits per heavy atom. The maximum absolute atomic E-state index is 12.7. The first-order valence-electron chi connectivity index (χ1n) is 9.41. The Bertz CT molecular complexity index is 1140. The molecule has 1 aliphatic rings. The van der Waals surface area contributed by atoms with E-state index in [1.807, 2.05) is 4.90 Å². The third kappa shape index (κ3) is 6.11. The molecule has 32 heavy (non-hydrogen) atoms. The predicted octanol–water partition coefficient (Wildman–Crippen LogP) is 2.47. The van der Waals surface area contributed by atoms with Crippen LogP contribution in [0.5, 0.6) is 0 Å². The quantitative estimate of drug-likeness (QED) is 0.324. The number of amides is 1. The van der Waals surface area contributed by atoms with E-state index in [9.17, 15) is 23.3 Å². The van der Waals surface area contributed by atoms with Crippen molar-refractivity contribution in [2.75, 3.05) is 32.7 Å². The van der Waals surface area contributed by atoms with Crippen LogP contribution in [0.15, 0.2) is 56.9 Å². The van der Waals surface area contributed by atoms with Gasteiger partial charge >= 0.3 is 0 Å². The lowest BCUT2D eigenvalue weighted by Gasteiger charge is -2.33. The lowest BCUT2D eigenvalue weighted by Crippen LogP contribution is -2.50. The van der Waals surface area contributed by atoms with Crippen LogP contribution in [0.4, 0.5) is 5.69 Å². The number of rotatable bonds is 7. The van der Waals surface area contributed by atoms with Gasteiger partial charge in [-0.25, -0.2) is 13.8 Å². The zero-order valence-corrected chi connectivity index (χ0v) is 19.8. The number of carbonyl (C=O) groups is 1. The van der Waals surface area contributed by atoms with Crippen LogP contribution in [0, 0.1) is 10.1 Å². The molecule has 1 amide bonds. The largest absolute Gasteiger partial charge is 0.292 e. The summed E-state index contributed by atoms with van der Waals surface area (Å²) in [4.78, 5) is 24.5. The molecule has 0 saturated carbocycles. The van der Waals surface area contributed by atoms with Crippen molar-refractivity contribution in [1.29, 1.82) is 0 Å². The van der Waals surface area contributed by atoms with E-state index in [1.165, 1.54) is 28.7 Å². The summed E-state index contributed by atoms with van der Waals surface area (Å²) in [7, 11) is -3.59. The van der Waals surface area contributed by atoms with Crippen molar-refractivity contribution in [1.82, 2.24) is 14.6 Å². The molecule has 0 spiro atoms. The van der Waals surface area contributed by atoms with Gasteiger partial charge in [-0.1, -0.05) is 27.5 Å². The molecule has 0 unspecified atom stereocenters. The molecular formula is C19H19BrClN5O5S. The van der Waals surface area contributed by atoms with Gasteiger partial charge in [0.25, 0.3) is 11.6 Å². The van der Waals surface area contributed by atoms with Crippen LogP contribution in [0.3, 0.4) is 0 Å². The molecule has 170 valence electrons. The lowest BCUT2D eigenvalue weighted by atomic mass is 10.2. The molecule has 1 aliphatic heterocycles. The number of halogens is 2. The van der Waals surface area contributed by atoms with E-state index in [0.717, 1.165) is 4.47 Å². The van der Waals surface area contributed by atoms with Gasteiger partial charge < -0.3 is 0 Å². The molecule has 0 aromatic heterocycles. The van der Waals surface area contributed by atoms with E-state index in [-0.39, 0.29) is 35.2 Å². The molecular weight excluding hydrogens is 526 g/mol. The predicted molar refractivity (Wildman–Crippen MR) is 123 cm³/mol. The molecule has 13 heteroatoms. The molecule has 10 nitrogen and oxygen atoms in total. The first-order valence-corrected chi connectivity index (χ1v) is 12.0. The lowest BCUT2D eigenvalue weighted by molar-refractivity contribution is -0.384. The van der Waals surface area contributed by atoms with E-state index in [4.69, 9.17) is 11.6 Å². The molecule has 1 saturated heterocycles. The van der Waals surface area contributed by atoms with Crippen molar-refractivity contribution < 1.29 is 18.1 Å². The molecule has 1 N–H and O–H groups in total. The highest BCUT2D eigenvalue weighted by Crippen LogP contribution is 2.21. The molecule has 0 bridgehead atoms. The van der Waals surface area contributed by atoms with E-state index < -0.39 is 20.9 Å². The normalized spacial score (nSPS) is 15.7. The zero-order valence-electron chi connectivity index (χ0n) is 16.6. The smallest absolute Gasteiger partial charge is 0.270 e. The number of nitrogens with zero attached hydrogens (tertiary/aromatic N) is 4. The average molecular weight is 545 g/mol. The Kier molecular flexibility index (Phi) is 7.96. The first-order chi connectivity index (χ1) is 15.2. The standard InChI is InChI=1S/C19H19BrClN5O5S/c20-15-1-4-17(5-2-15)32(30,31)25-9-7-24(8-10-25)13-19(27)23-22-12-14-11-16(26(28)29)3-6-18(14)21/h1-6,11-12H,7-10,13H2,(H,23,27). The summed E-state index contributed by atoms with van der Waals surface area (Å²) in [6.45, 7) is 1.34. The second-order valence-corrected chi connectivity index (χ2v) is 10.2. The Morgan fingerprint density at radius 3 is 2.47 bits per heavy atom. The Balaban J connectivity index is 1.50. The number of nitro benzene ring substituents is 1. The fraction of sp³-hybridized carbons (Fsp3) is 0.263. The van der Waals surface area contributed by atoms with Gasteiger partial charge in [-0.2, -0.15) is 9.41 Å². The Morgan fingerprint density at radius 2 is 1.84 bits per heavy atom. The average Bonchev–Trinajstić information content (AvgIpc) is 2.75. The minimum Gasteiger partial charge on any atom is -0.292 e. The molecule has 0 atom stereocenters. The molecule has 1 fully saturated rings. The van der Waals surface area contributed by atoms with Crippen molar-refractivity contribution in [2.45, 2.75) is 4.90 Å². The number of benzene rings is 2. The Labute approximate surface area is 198 Å². The van der Waals surface area contributed by atoms with Gasteiger partial charge in [0, 0.05) is 53.4 Å². The van der Waals surface area contributed by atoms with Crippen molar-refractivity contribution in [3.05, 3.63) is 67.6 Å². The minimum atomic E-state index is -3.59. The van der Waals surface area contributed by atoms with Crippen molar-refractivity contribution in [2.24, 2.45) is 5.10 Å². The first kappa shape index (κ1) is 24.3. The molecule has 1 heterocycles. The summed E-state index contributed by atoms with van der Waals surface area (Å²) in [6, 6.07) is 10.3. The number of non-ortho nitro benzene ring substituents is 1. The number of hydrogen-bond donors (Lipinski definition) is 1. The van der Waals surface area contributed by atoms with Gasteiger partial charge in [0.15, 0.2) is 0 Å². The van der Waals surface area contributed by atoms with Gasteiger partial charge in [0.2, 0.25) is 10.0 Å². The molecule has 0 aliphatic carbocycles. The maximum Gasteiger partial charge on any atom is 0.270 e. The number of hydrazone groups is 1. The third-order valence-electron chi connectivity index (χ3n) is 4.73. The fourth-order valence-electron chi connectivity index (χ4n) is 3.04. The Hall–Kier alpha value is -2.38. The topological polar surface area (TPSA) is 125 Å². The highest BCUT2D eigenvalue weighted by atomic mass is 79.9. The van der Waals surface area contributed by atoms with Crippen LogP contribution < -0.4 is 5.43 Å². The summed E-state index contributed by atoms with van der Waals surface area (Å²) in [6.07, 6.45) is 1.23. The molecule has 0 radical (unpaired) electrons. The van der Waals surface area contributed by atoms with Gasteiger partial charge in [-0.15, -0.1) is 0 Å². The monoisotopic (exact) mass is 543 g/mol. The van der Waals surface area contributed by atoms with Crippen molar-refractivity contribution in [3.8, 4) is 0 Å². The van der Waals surface area contributed by atoms with Gasteiger partial charge in [0.1, 0.15) is 0 Å². The van der Waals surface area contributed by atoms with Crippen LogP contribution >= 0.6 is 27.5 Å². The number of nitrogens with one attached hydrogen (secondary N) is 1. The third-order valence-corrected chi connectivity index (χ3v) is 7.52. The van der Waals surface area contributed by atoms with Crippen LogP contribution in [0.2, 0.25) is 5.02 Å².